The number of aromatic nitrogens is 3. The summed E-state index contributed by atoms with van der Waals surface area (Å²) in [7, 11) is 0. The van der Waals surface area contributed by atoms with E-state index < -0.39 is 0 Å². The lowest BCUT2D eigenvalue weighted by Gasteiger charge is -2.14. The Labute approximate surface area is 133 Å². The second kappa shape index (κ2) is 7.42. The lowest BCUT2D eigenvalue weighted by Crippen LogP contribution is -2.16. The van der Waals surface area contributed by atoms with Gasteiger partial charge in [0.05, 0.1) is 17.5 Å². The summed E-state index contributed by atoms with van der Waals surface area (Å²) < 4.78 is 8.05. The van der Waals surface area contributed by atoms with Gasteiger partial charge in [0.2, 0.25) is 0 Å². The first-order valence-electron chi connectivity index (χ1n) is 7.60. The normalized spacial score (nSPS) is 18.4. The maximum absolute atomic E-state index is 5.80. The minimum Gasteiger partial charge on any atom is -0.376 e. The molecular formula is C15H21N3OS2. The van der Waals surface area contributed by atoms with Gasteiger partial charge in [0.1, 0.15) is 0 Å². The topological polar surface area (TPSA) is 39.9 Å². The molecule has 1 fully saturated rings. The third-order valence-electron chi connectivity index (χ3n) is 3.60. The van der Waals surface area contributed by atoms with Crippen molar-refractivity contribution in [3.8, 4) is 10.7 Å². The molecule has 0 amide bonds. The van der Waals surface area contributed by atoms with Crippen molar-refractivity contribution in [2.45, 2.75) is 50.4 Å². The van der Waals surface area contributed by atoms with Crippen LogP contribution >= 0.6 is 23.1 Å². The molecule has 0 saturated carbocycles. The lowest BCUT2D eigenvalue weighted by atomic mass is 10.2. The summed E-state index contributed by atoms with van der Waals surface area (Å²) in [6, 6.07) is 4.18. The number of ether oxygens (including phenoxy) is 1. The monoisotopic (exact) mass is 323 g/mol. The predicted octanol–water partition coefficient (Wildman–Crippen LogP) is 4.08. The number of unbranched alkanes of at least 4 members (excludes halogenated alkanes) is 1. The number of rotatable bonds is 7. The molecule has 0 aliphatic carbocycles. The highest BCUT2D eigenvalue weighted by atomic mass is 32.2. The van der Waals surface area contributed by atoms with Crippen LogP contribution in [0.15, 0.2) is 22.7 Å². The molecule has 114 valence electrons. The molecule has 2 aromatic rings. The Balaban J connectivity index is 1.81. The second-order valence-electron chi connectivity index (χ2n) is 5.23. The van der Waals surface area contributed by atoms with Gasteiger partial charge in [-0.05, 0) is 30.7 Å². The Bertz CT molecular complexity index is 547. The van der Waals surface area contributed by atoms with Crippen molar-refractivity contribution in [2.24, 2.45) is 0 Å². The second-order valence-corrected chi connectivity index (χ2v) is 7.24. The van der Waals surface area contributed by atoms with Gasteiger partial charge in [-0.1, -0.05) is 31.2 Å². The third-order valence-corrected chi connectivity index (χ3v) is 5.52. The zero-order valence-electron chi connectivity index (χ0n) is 12.3. The fourth-order valence-corrected chi connectivity index (χ4v) is 4.20. The van der Waals surface area contributed by atoms with Crippen LogP contribution in [0.1, 0.15) is 32.6 Å². The number of nitrogens with zero attached hydrogens (tertiary/aromatic N) is 3. The zero-order chi connectivity index (χ0) is 14.5. The van der Waals surface area contributed by atoms with Crippen LogP contribution in [0, 0.1) is 0 Å². The molecule has 0 radical (unpaired) electrons. The summed E-state index contributed by atoms with van der Waals surface area (Å²) in [5.74, 6) is 2.09. The predicted molar refractivity (Wildman–Crippen MR) is 87.9 cm³/mol. The Kier molecular flexibility index (Phi) is 5.32. The van der Waals surface area contributed by atoms with Gasteiger partial charge >= 0.3 is 0 Å². The van der Waals surface area contributed by atoms with Crippen molar-refractivity contribution in [1.82, 2.24) is 14.8 Å². The maximum atomic E-state index is 5.80. The molecule has 0 spiro atoms. The number of thiophene rings is 1. The van der Waals surface area contributed by atoms with Crippen molar-refractivity contribution < 1.29 is 4.74 Å². The number of hydrogen-bond donors (Lipinski definition) is 0. The van der Waals surface area contributed by atoms with Gasteiger partial charge in [-0.15, -0.1) is 21.5 Å². The zero-order valence-corrected chi connectivity index (χ0v) is 14.0. The first kappa shape index (κ1) is 15.1. The van der Waals surface area contributed by atoms with Crippen molar-refractivity contribution in [3.63, 3.8) is 0 Å². The average molecular weight is 323 g/mol. The molecule has 1 aliphatic rings. The molecule has 21 heavy (non-hydrogen) atoms. The molecule has 1 atom stereocenters. The van der Waals surface area contributed by atoms with E-state index in [2.05, 4.69) is 39.2 Å². The van der Waals surface area contributed by atoms with Crippen LogP contribution in [0.4, 0.5) is 0 Å². The fraction of sp³-hybridized carbons (Fsp3) is 0.600. The Morgan fingerprint density at radius 1 is 1.48 bits per heavy atom. The quantitative estimate of drug-likeness (QED) is 0.568. The first-order valence-corrected chi connectivity index (χ1v) is 9.46. The number of hydrogen-bond acceptors (Lipinski definition) is 5. The van der Waals surface area contributed by atoms with Crippen molar-refractivity contribution in [2.75, 3.05) is 12.4 Å². The van der Waals surface area contributed by atoms with Gasteiger partial charge in [-0.2, -0.15) is 0 Å². The summed E-state index contributed by atoms with van der Waals surface area (Å²) in [4.78, 5) is 1.18. The highest BCUT2D eigenvalue weighted by Gasteiger charge is 2.21. The van der Waals surface area contributed by atoms with Gasteiger partial charge in [-0.25, -0.2) is 0 Å². The molecular weight excluding hydrogens is 302 g/mol. The Morgan fingerprint density at radius 2 is 2.43 bits per heavy atom. The van der Waals surface area contributed by atoms with Gasteiger partial charge in [0, 0.05) is 12.4 Å². The molecule has 0 bridgehead atoms. The van der Waals surface area contributed by atoms with Crippen LogP contribution in [0.3, 0.4) is 0 Å². The molecule has 2 aromatic heterocycles. The van der Waals surface area contributed by atoms with E-state index >= 15 is 0 Å². The smallest absolute Gasteiger partial charge is 0.191 e. The first-order chi connectivity index (χ1) is 10.4. The van der Waals surface area contributed by atoms with E-state index in [-0.39, 0.29) is 0 Å². The summed E-state index contributed by atoms with van der Waals surface area (Å²) in [6.45, 7) is 3.98. The lowest BCUT2D eigenvalue weighted by molar-refractivity contribution is 0.0953. The highest BCUT2D eigenvalue weighted by Crippen LogP contribution is 2.29. The minimum atomic E-state index is 0.310. The van der Waals surface area contributed by atoms with E-state index in [1.54, 1.807) is 11.3 Å². The van der Waals surface area contributed by atoms with E-state index in [1.165, 1.54) is 24.1 Å². The number of thioether (sulfide) groups is 1. The third kappa shape index (κ3) is 3.67. The van der Waals surface area contributed by atoms with E-state index in [0.29, 0.717) is 6.10 Å². The van der Waals surface area contributed by atoms with Crippen LogP contribution in [0.2, 0.25) is 0 Å². The molecule has 3 rings (SSSR count). The summed E-state index contributed by atoms with van der Waals surface area (Å²) in [5, 5.41) is 12.0. The summed E-state index contributed by atoms with van der Waals surface area (Å²) in [6.07, 6.45) is 5.04. The van der Waals surface area contributed by atoms with Gasteiger partial charge in [0.15, 0.2) is 11.0 Å². The van der Waals surface area contributed by atoms with Crippen LogP contribution in [-0.2, 0) is 11.3 Å². The summed E-state index contributed by atoms with van der Waals surface area (Å²) in [5.41, 5.74) is 0. The molecule has 0 N–H and O–H groups in total. The van der Waals surface area contributed by atoms with Crippen LogP contribution in [-0.4, -0.2) is 33.2 Å². The van der Waals surface area contributed by atoms with Gasteiger partial charge in [0.25, 0.3) is 0 Å². The van der Waals surface area contributed by atoms with E-state index in [1.807, 2.05) is 11.8 Å². The largest absolute Gasteiger partial charge is 0.376 e. The van der Waals surface area contributed by atoms with Crippen LogP contribution in [0.25, 0.3) is 10.7 Å². The van der Waals surface area contributed by atoms with Crippen LogP contribution in [0.5, 0.6) is 0 Å². The SMILES string of the molecule is CCCCSc1nnc(-c2cccs2)n1CC1CCCO1. The molecule has 1 unspecified atom stereocenters. The molecule has 6 heteroatoms. The Morgan fingerprint density at radius 3 is 3.14 bits per heavy atom. The van der Waals surface area contributed by atoms with Gasteiger partial charge in [-0.3, -0.25) is 4.57 Å². The molecule has 1 saturated heterocycles. The molecule has 3 heterocycles. The maximum Gasteiger partial charge on any atom is 0.191 e. The molecule has 4 nitrogen and oxygen atoms in total. The van der Waals surface area contributed by atoms with Crippen molar-refractivity contribution in [1.29, 1.82) is 0 Å². The van der Waals surface area contributed by atoms with E-state index in [9.17, 15) is 0 Å². The fourth-order valence-electron chi connectivity index (χ4n) is 2.45. The van der Waals surface area contributed by atoms with Crippen molar-refractivity contribution >= 4 is 23.1 Å². The highest BCUT2D eigenvalue weighted by molar-refractivity contribution is 7.99. The minimum absolute atomic E-state index is 0.310. The van der Waals surface area contributed by atoms with Crippen molar-refractivity contribution in [3.05, 3.63) is 17.5 Å². The molecule has 0 aromatic carbocycles. The molecule has 1 aliphatic heterocycles. The summed E-state index contributed by atoms with van der Waals surface area (Å²) >= 11 is 3.53. The standard InChI is InChI=1S/C15H21N3OS2/c1-2-3-9-21-15-17-16-14(13-7-5-10-20-13)18(15)11-12-6-4-8-19-12/h5,7,10,12H,2-4,6,8-9,11H2,1H3. The Hall–Kier alpha value is -0.850. The van der Waals surface area contributed by atoms with E-state index in [0.717, 1.165) is 36.3 Å². The van der Waals surface area contributed by atoms with Crippen LogP contribution < -0.4 is 0 Å². The average Bonchev–Trinajstić information content (AvgIpc) is 3.21. The van der Waals surface area contributed by atoms with E-state index in [4.69, 9.17) is 4.74 Å². The van der Waals surface area contributed by atoms with Gasteiger partial charge < -0.3 is 4.74 Å².